The number of para-hydroxylation sites is 2. The molecule has 7 rings (SSSR count). The molecule has 1 fully saturated rings. The van der Waals surface area contributed by atoms with Gasteiger partial charge in [-0.1, -0.05) is 30.3 Å². The van der Waals surface area contributed by atoms with E-state index in [4.69, 9.17) is 4.98 Å². The van der Waals surface area contributed by atoms with Gasteiger partial charge in [0.2, 0.25) is 0 Å². The lowest BCUT2D eigenvalue weighted by Gasteiger charge is -2.32. The Morgan fingerprint density at radius 2 is 1.59 bits per heavy atom. The van der Waals surface area contributed by atoms with Gasteiger partial charge in [-0.25, -0.2) is 13.8 Å². The van der Waals surface area contributed by atoms with Crippen molar-refractivity contribution in [1.82, 2.24) is 19.0 Å². The van der Waals surface area contributed by atoms with Gasteiger partial charge in [-0.2, -0.15) is 0 Å². The van der Waals surface area contributed by atoms with Crippen molar-refractivity contribution < 1.29 is 13.6 Å². The van der Waals surface area contributed by atoms with Crippen molar-refractivity contribution in [2.75, 3.05) is 13.1 Å². The monoisotopic (exact) mass is 546 g/mol. The average molecular weight is 547 g/mol. The number of rotatable bonds is 5. The summed E-state index contributed by atoms with van der Waals surface area (Å²) in [5.41, 5.74) is 5.15. The Hall–Kier alpha value is -4.78. The zero-order valence-corrected chi connectivity index (χ0v) is 22.4. The second-order valence-electron chi connectivity index (χ2n) is 10.7. The second-order valence-corrected chi connectivity index (χ2v) is 10.7. The molecule has 4 aromatic carbocycles. The van der Waals surface area contributed by atoms with Crippen LogP contribution in [0.5, 0.6) is 0 Å². The fourth-order valence-electron chi connectivity index (χ4n) is 6.04. The van der Waals surface area contributed by atoms with E-state index in [2.05, 4.69) is 10.6 Å². The molecule has 0 spiro atoms. The zero-order valence-electron chi connectivity index (χ0n) is 22.4. The molecule has 0 atom stereocenters. The minimum Gasteiger partial charge on any atom is -0.339 e. The van der Waals surface area contributed by atoms with Crippen LogP contribution in [0.2, 0.25) is 0 Å². The van der Waals surface area contributed by atoms with Crippen LogP contribution in [-0.2, 0) is 6.54 Å². The fourth-order valence-corrected chi connectivity index (χ4v) is 6.04. The molecule has 0 unspecified atom stereocenters. The van der Waals surface area contributed by atoms with Crippen LogP contribution in [0.4, 0.5) is 8.78 Å². The Balaban J connectivity index is 1.10. The average Bonchev–Trinajstić information content (AvgIpc) is 3.58. The number of amides is 1. The van der Waals surface area contributed by atoms with Crippen LogP contribution in [0.3, 0.4) is 0 Å². The largest absolute Gasteiger partial charge is 0.339 e. The number of piperidine rings is 1. The number of nitrogens with zero attached hydrogens (tertiary/aromatic N) is 4. The molecule has 6 aromatic rings. The highest BCUT2D eigenvalue weighted by molar-refractivity contribution is 5.98. The molecule has 2 aromatic heterocycles. The molecule has 0 saturated carbocycles. The van der Waals surface area contributed by atoms with Crippen LogP contribution in [0.1, 0.15) is 40.5 Å². The van der Waals surface area contributed by atoms with Gasteiger partial charge in [-0.05, 0) is 85.1 Å². The zero-order chi connectivity index (χ0) is 27.9. The van der Waals surface area contributed by atoms with E-state index >= 15 is 0 Å². The van der Waals surface area contributed by atoms with E-state index < -0.39 is 0 Å². The van der Waals surface area contributed by atoms with E-state index in [0.29, 0.717) is 25.2 Å². The van der Waals surface area contributed by atoms with Crippen LogP contribution >= 0.6 is 0 Å². The van der Waals surface area contributed by atoms with Crippen molar-refractivity contribution in [3.63, 3.8) is 0 Å². The van der Waals surface area contributed by atoms with Crippen LogP contribution < -0.4 is 0 Å². The molecule has 7 heteroatoms. The predicted molar refractivity (Wildman–Crippen MR) is 156 cm³/mol. The predicted octanol–water partition coefficient (Wildman–Crippen LogP) is 7.33. The van der Waals surface area contributed by atoms with Gasteiger partial charge in [0.05, 0.1) is 16.6 Å². The highest BCUT2D eigenvalue weighted by Crippen LogP contribution is 2.32. The lowest BCUT2D eigenvalue weighted by atomic mass is 9.95. The van der Waals surface area contributed by atoms with Crippen molar-refractivity contribution in [2.24, 2.45) is 0 Å². The highest BCUT2D eigenvalue weighted by atomic mass is 19.1. The molecule has 0 aliphatic carbocycles. The number of fused-ring (bicyclic) bond motifs is 2. The summed E-state index contributed by atoms with van der Waals surface area (Å²) in [6, 6.07) is 28.9. The first kappa shape index (κ1) is 25.2. The topological polar surface area (TPSA) is 43.1 Å². The lowest BCUT2D eigenvalue weighted by Crippen LogP contribution is -2.38. The maximum Gasteiger partial charge on any atom is 0.253 e. The maximum absolute atomic E-state index is 13.9. The Morgan fingerprint density at radius 3 is 2.39 bits per heavy atom. The van der Waals surface area contributed by atoms with E-state index in [1.54, 1.807) is 18.2 Å². The molecule has 41 heavy (non-hydrogen) atoms. The van der Waals surface area contributed by atoms with Gasteiger partial charge in [0.15, 0.2) is 0 Å². The molecule has 1 aliphatic rings. The van der Waals surface area contributed by atoms with Gasteiger partial charge in [0.25, 0.3) is 5.91 Å². The summed E-state index contributed by atoms with van der Waals surface area (Å²) in [6.07, 6.45) is 3.50. The summed E-state index contributed by atoms with van der Waals surface area (Å²) in [6.45, 7) is 1.81. The number of carbonyl (C=O) groups excluding carboxylic acids is 1. The van der Waals surface area contributed by atoms with Crippen molar-refractivity contribution in [3.8, 4) is 5.69 Å². The number of benzene rings is 4. The molecule has 1 aliphatic heterocycles. The van der Waals surface area contributed by atoms with Crippen LogP contribution in [0.25, 0.3) is 27.6 Å². The number of carbonyl (C=O) groups is 1. The molecule has 0 bridgehead atoms. The third-order valence-corrected chi connectivity index (χ3v) is 8.08. The third-order valence-electron chi connectivity index (χ3n) is 8.08. The standard InChI is InChI=1S/C34H28F2N4O/c35-27-6-3-5-23(19-27)22-40-32-10-2-1-9-30(32)37-33(40)24-13-16-38(17-14-24)34(41)26-11-12-31-25(20-26)15-18-39(31)29-8-4-7-28(36)21-29/h1-12,15,18-21,24H,13-14,16-17,22H2. The Morgan fingerprint density at radius 1 is 0.805 bits per heavy atom. The van der Waals surface area contributed by atoms with Gasteiger partial charge < -0.3 is 14.0 Å². The van der Waals surface area contributed by atoms with E-state index in [1.165, 1.54) is 18.2 Å². The first-order valence-electron chi connectivity index (χ1n) is 13.9. The second kappa shape index (κ2) is 10.3. The fraction of sp³-hybridized carbons (Fsp3) is 0.176. The molecule has 5 nitrogen and oxygen atoms in total. The molecule has 0 N–H and O–H groups in total. The lowest BCUT2D eigenvalue weighted by molar-refractivity contribution is 0.0710. The Bertz CT molecular complexity index is 1900. The number of hydrogen-bond donors (Lipinski definition) is 0. The number of likely N-dealkylation sites (tertiary alicyclic amines) is 1. The number of hydrogen-bond acceptors (Lipinski definition) is 2. The smallest absolute Gasteiger partial charge is 0.253 e. The molecule has 1 amide bonds. The number of aromatic nitrogens is 3. The molecular formula is C34H28F2N4O. The molecule has 204 valence electrons. The summed E-state index contributed by atoms with van der Waals surface area (Å²) < 4.78 is 31.8. The quantitative estimate of drug-likeness (QED) is 0.227. The minimum atomic E-state index is -0.288. The van der Waals surface area contributed by atoms with Gasteiger partial charge in [0, 0.05) is 48.4 Å². The van der Waals surface area contributed by atoms with E-state index in [0.717, 1.165) is 51.9 Å². The molecule has 0 radical (unpaired) electrons. The summed E-state index contributed by atoms with van der Waals surface area (Å²) in [7, 11) is 0. The van der Waals surface area contributed by atoms with Crippen molar-refractivity contribution in [2.45, 2.75) is 25.3 Å². The van der Waals surface area contributed by atoms with Crippen LogP contribution in [-0.4, -0.2) is 38.0 Å². The van der Waals surface area contributed by atoms with Gasteiger partial charge in [-0.3, -0.25) is 4.79 Å². The van der Waals surface area contributed by atoms with Crippen molar-refractivity contribution >= 4 is 27.8 Å². The third kappa shape index (κ3) is 4.78. The van der Waals surface area contributed by atoms with E-state index in [1.807, 2.05) is 70.3 Å². The van der Waals surface area contributed by atoms with Crippen LogP contribution in [0, 0.1) is 11.6 Å². The maximum atomic E-state index is 13.9. The van der Waals surface area contributed by atoms with E-state index in [-0.39, 0.29) is 23.5 Å². The number of imidazole rings is 1. The SMILES string of the molecule is O=C(c1ccc2c(ccn2-c2cccc(F)c2)c1)N1CCC(c2nc3ccccc3n2Cc2cccc(F)c2)CC1. The summed E-state index contributed by atoms with van der Waals surface area (Å²) in [5, 5.41) is 0.932. The summed E-state index contributed by atoms with van der Waals surface area (Å²) >= 11 is 0. The van der Waals surface area contributed by atoms with E-state index in [9.17, 15) is 13.6 Å². The van der Waals surface area contributed by atoms with Crippen molar-refractivity contribution in [3.05, 3.63) is 132 Å². The highest BCUT2D eigenvalue weighted by Gasteiger charge is 2.28. The van der Waals surface area contributed by atoms with Gasteiger partial charge in [0.1, 0.15) is 17.5 Å². The first-order chi connectivity index (χ1) is 20.0. The normalized spacial score (nSPS) is 14.2. The molecule has 1 saturated heterocycles. The van der Waals surface area contributed by atoms with Gasteiger partial charge in [-0.15, -0.1) is 0 Å². The van der Waals surface area contributed by atoms with Crippen molar-refractivity contribution in [1.29, 1.82) is 0 Å². The summed E-state index contributed by atoms with van der Waals surface area (Å²) in [5.74, 6) is 0.663. The summed E-state index contributed by atoms with van der Waals surface area (Å²) in [4.78, 5) is 20.4. The minimum absolute atomic E-state index is 0.0112. The van der Waals surface area contributed by atoms with Gasteiger partial charge >= 0.3 is 0 Å². The van der Waals surface area contributed by atoms with Crippen LogP contribution in [0.15, 0.2) is 103 Å². The number of halogens is 2. The Kier molecular flexibility index (Phi) is 6.34. The Labute approximate surface area is 236 Å². The molecular weight excluding hydrogens is 518 g/mol. The first-order valence-corrected chi connectivity index (χ1v) is 13.9. The molecule has 3 heterocycles.